The Labute approximate surface area is 120 Å². The molecule has 0 bridgehead atoms. The van der Waals surface area contributed by atoms with E-state index in [2.05, 4.69) is 10.1 Å². The van der Waals surface area contributed by atoms with E-state index < -0.39 is 17.4 Å². The minimum Gasteiger partial charge on any atom is -0.465 e. The van der Waals surface area contributed by atoms with Crippen LogP contribution in [0.25, 0.3) is 0 Å². The molecule has 0 aromatic heterocycles. The van der Waals surface area contributed by atoms with Crippen molar-refractivity contribution in [1.29, 1.82) is 15.8 Å². The van der Waals surface area contributed by atoms with Crippen LogP contribution in [0.2, 0.25) is 0 Å². The third kappa shape index (κ3) is 3.34. The van der Waals surface area contributed by atoms with Gasteiger partial charge in [-0.1, -0.05) is 0 Å². The fraction of sp³-hybridized carbons (Fsp3) is 0.143. The summed E-state index contributed by atoms with van der Waals surface area (Å²) in [5.74, 6) is -1.44. The standard InChI is InChI=1S/C14H9FN4O2/c1-8-11(15)3-9(14(20)21-2)4-12(8)19-13(7-18)10(5-16)6-17/h3-4,19H,1-2H3. The molecule has 0 saturated carbocycles. The van der Waals surface area contributed by atoms with Crippen molar-refractivity contribution in [2.75, 3.05) is 12.4 Å². The van der Waals surface area contributed by atoms with E-state index in [1.807, 2.05) is 0 Å². The molecule has 0 atom stereocenters. The van der Waals surface area contributed by atoms with Gasteiger partial charge in [-0.3, -0.25) is 0 Å². The van der Waals surface area contributed by atoms with Gasteiger partial charge in [0.05, 0.1) is 12.7 Å². The second-order valence-electron chi connectivity index (χ2n) is 3.83. The monoisotopic (exact) mass is 284 g/mol. The van der Waals surface area contributed by atoms with E-state index >= 15 is 0 Å². The highest BCUT2D eigenvalue weighted by molar-refractivity contribution is 5.91. The van der Waals surface area contributed by atoms with Gasteiger partial charge in [0.25, 0.3) is 0 Å². The molecule has 0 aliphatic heterocycles. The molecule has 6 nitrogen and oxygen atoms in total. The molecule has 21 heavy (non-hydrogen) atoms. The van der Waals surface area contributed by atoms with Crippen molar-refractivity contribution >= 4 is 11.7 Å². The number of carbonyl (C=O) groups is 1. The maximum Gasteiger partial charge on any atom is 0.338 e. The predicted molar refractivity (Wildman–Crippen MR) is 70.0 cm³/mol. The summed E-state index contributed by atoms with van der Waals surface area (Å²) in [6.45, 7) is 1.42. The third-order valence-electron chi connectivity index (χ3n) is 2.61. The SMILES string of the molecule is COC(=O)c1cc(F)c(C)c(NC(C#N)=C(C#N)C#N)c1. The summed E-state index contributed by atoms with van der Waals surface area (Å²) in [5, 5.41) is 28.9. The minimum absolute atomic E-state index is 0.0594. The molecule has 0 amide bonds. The highest BCUT2D eigenvalue weighted by Crippen LogP contribution is 2.23. The van der Waals surface area contributed by atoms with Gasteiger partial charge in [0.15, 0.2) is 5.57 Å². The van der Waals surface area contributed by atoms with Crippen molar-refractivity contribution in [1.82, 2.24) is 0 Å². The van der Waals surface area contributed by atoms with Crippen LogP contribution >= 0.6 is 0 Å². The third-order valence-corrected chi connectivity index (χ3v) is 2.61. The van der Waals surface area contributed by atoms with Crippen LogP contribution in [-0.2, 0) is 4.74 Å². The minimum atomic E-state index is -0.750. The van der Waals surface area contributed by atoms with E-state index in [0.29, 0.717) is 0 Å². The molecular weight excluding hydrogens is 275 g/mol. The average molecular weight is 284 g/mol. The molecule has 1 N–H and O–H groups in total. The summed E-state index contributed by atoms with van der Waals surface area (Å²) in [7, 11) is 1.15. The maximum absolute atomic E-state index is 13.8. The predicted octanol–water partition coefficient (Wildman–Crippen LogP) is 2.16. The van der Waals surface area contributed by atoms with E-state index in [9.17, 15) is 9.18 Å². The van der Waals surface area contributed by atoms with Crippen molar-refractivity contribution < 1.29 is 13.9 Å². The summed E-state index contributed by atoms with van der Waals surface area (Å²) in [4.78, 5) is 11.4. The van der Waals surface area contributed by atoms with Crippen LogP contribution in [0.5, 0.6) is 0 Å². The molecule has 104 valence electrons. The number of nitrogens with one attached hydrogen (secondary N) is 1. The van der Waals surface area contributed by atoms with Gasteiger partial charge in [0.2, 0.25) is 0 Å². The molecule has 0 heterocycles. The van der Waals surface area contributed by atoms with Crippen LogP contribution in [-0.4, -0.2) is 13.1 Å². The van der Waals surface area contributed by atoms with Crippen LogP contribution in [0.3, 0.4) is 0 Å². The summed E-state index contributed by atoms with van der Waals surface area (Å²) in [6, 6.07) is 7.02. The zero-order valence-electron chi connectivity index (χ0n) is 11.2. The van der Waals surface area contributed by atoms with E-state index in [4.69, 9.17) is 15.8 Å². The Kier molecular flexibility index (Phi) is 5.00. The Bertz CT molecular complexity index is 732. The average Bonchev–Trinajstić information content (AvgIpc) is 2.50. The number of allylic oxidation sites excluding steroid dienone is 2. The van der Waals surface area contributed by atoms with Gasteiger partial charge >= 0.3 is 5.97 Å². The van der Waals surface area contributed by atoms with Crippen molar-refractivity contribution in [2.45, 2.75) is 6.92 Å². The van der Waals surface area contributed by atoms with Gasteiger partial charge in [-0.2, -0.15) is 15.8 Å². The van der Waals surface area contributed by atoms with E-state index in [-0.39, 0.29) is 22.5 Å². The first-order valence-corrected chi connectivity index (χ1v) is 5.58. The summed E-state index contributed by atoms with van der Waals surface area (Å²) in [5.41, 5.74) is -0.610. The van der Waals surface area contributed by atoms with Gasteiger partial charge < -0.3 is 10.1 Å². The van der Waals surface area contributed by atoms with Crippen molar-refractivity contribution in [3.63, 3.8) is 0 Å². The second-order valence-corrected chi connectivity index (χ2v) is 3.83. The molecular formula is C14H9FN4O2. The van der Waals surface area contributed by atoms with Crippen LogP contribution < -0.4 is 5.32 Å². The molecule has 7 heteroatoms. The van der Waals surface area contributed by atoms with Crippen LogP contribution in [0.15, 0.2) is 23.4 Å². The number of hydrogen-bond donors (Lipinski definition) is 1. The first-order valence-electron chi connectivity index (χ1n) is 5.58. The number of anilines is 1. The first-order chi connectivity index (χ1) is 9.98. The molecule has 0 aliphatic carbocycles. The maximum atomic E-state index is 13.8. The number of nitrogens with zero attached hydrogens (tertiary/aromatic N) is 3. The quantitative estimate of drug-likeness (QED) is 0.672. The van der Waals surface area contributed by atoms with Gasteiger partial charge in [0.1, 0.15) is 29.7 Å². The molecule has 0 unspecified atom stereocenters. The smallest absolute Gasteiger partial charge is 0.338 e. The number of ether oxygens (including phenoxy) is 1. The van der Waals surface area contributed by atoms with Crippen LogP contribution in [0.4, 0.5) is 10.1 Å². The van der Waals surface area contributed by atoms with Crippen molar-refractivity contribution in [3.05, 3.63) is 40.3 Å². The Morgan fingerprint density at radius 2 is 1.86 bits per heavy atom. The number of esters is 1. The Balaban J connectivity index is 3.39. The summed E-state index contributed by atoms with van der Waals surface area (Å²) < 4.78 is 18.3. The van der Waals surface area contributed by atoms with E-state index in [1.54, 1.807) is 18.2 Å². The molecule has 1 rings (SSSR count). The Hall–Kier alpha value is -3.37. The lowest BCUT2D eigenvalue weighted by Gasteiger charge is -2.11. The van der Waals surface area contributed by atoms with Gasteiger partial charge in [0, 0.05) is 11.3 Å². The highest BCUT2D eigenvalue weighted by Gasteiger charge is 2.15. The molecule has 1 aromatic rings. The molecule has 1 aromatic carbocycles. The van der Waals surface area contributed by atoms with Crippen molar-refractivity contribution in [2.24, 2.45) is 0 Å². The first kappa shape index (κ1) is 15.7. The zero-order chi connectivity index (χ0) is 16.0. The lowest BCUT2D eigenvalue weighted by atomic mass is 10.1. The number of methoxy groups -OCH3 is 1. The number of hydrogen-bond acceptors (Lipinski definition) is 6. The van der Waals surface area contributed by atoms with Crippen LogP contribution in [0, 0.1) is 46.7 Å². The molecule has 0 spiro atoms. The molecule has 0 fully saturated rings. The number of nitriles is 3. The van der Waals surface area contributed by atoms with Gasteiger partial charge in [-0.15, -0.1) is 0 Å². The lowest BCUT2D eigenvalue weighted by Crippen LogP contribution is -2.07. The molecule has 0 saturated heterocycles. The fourth-order valence-electron chi connectivity index (χ4n) is 1.46. The normalized spacial score (nSPS) is 8.76. The summed E-state index contributed by atoms with van der Waals surface area (Å²) >= 11 is 0. The molecule has 0 radical (unpaired) electrons. The lowest BCUT2D eigenvalue weighted by molar-refractivity contribution is 0.0600. The zero-order valence-corrected chi connectivity index (χ0v) is 11.2. The van der Waals surface area contributed by atoms with E-state index in [1.165, 1.54) is 13.0 Å². The largest absolute Gasteiger partial charge is 0.465 e. The van der Waals surface area contributed by atoms with E-state index in [0.717, 1.165) is 13.2 Å². The number of halogens is 1. The Morgan fingerprint density at radius 3 is 2.33 bits per heavy atom. The Morgan fingerprint density at radius 1 is 1.24 bits per heavy atom. The highest BCUT2D eigenvalue weighted by atomic mass is 19.1. The van der Waals surface area contributed by atoms with Gasteiger partial charge in [-0.25, -0.2) is 9.18 Å². The summed E-state index contributed by atoms with van der Waals surface area (Å²) in [6.07, 6.45) is 0. The van der Waals surface area contributed by atoms with Gasteiger partial charge in [-0.05, 0) is 19.1 Å². The number of rotatable bonds is 3. The topological polar surface area (TPSA) is 110 Å². The second kappa shape index (κ2) is 6.70. The number of carbonyl (C=O) groups excluding carboxylic acids is 1. The fourth-order valence-corrected chi connectivity index (χ4v) is 1.46. The van der Waals surface area contributed by atoms with Crippen molar-refractivity contribution in [3.8, 4) is 18.2 Å². The van der Waals surface area contributed by atoms with Crippen LogP contribution in [0.1, 0.15) is 15.9 Å². The molecule has 0 aliphatic rings. The number of benzene rings is 1.